The first-order chi connectivity index (χ1) is 10.8. The van der Waals surface area contributed by atoms with Gasteiger partial charge in [0.15, 0.2) is 5.60 Å². The minimum Gasteiger partial charge on any atom is -0.479 e. The average molecular weight is 337 g/mol. The van der Waals surface area contributed by atoms with Crippen LogP contribution in [-0.4, -0.2) is 49.4 Å². The number of carboxylic acids is 1. The fourth-order valence-corrected chi connectivity index (χ4v) is 2.61. The molecule has 0 saturated heterocycles. The molecule has 1 atom stereocenters. The molecular formula is C15H19N3O4S. The maximum Gasteiger partial charge on any atom is 0.337 e. The average Bonchev–Trinajstić information content (AvgIpc) is 2.86. The fourth-order valence-electron chi connectivity index (χ4n) is 1.87. The lowest BCUT2D eigenvalue weighted by Gasteiger charge is -2.18. The minimum atomic E-state index is -1.96. The molecule has 0 bridgehead atoms. The maximum atomic E-state index is 11.7. The third-order valence-electron chi connectivity index (χ3n) is 3.22. The number of thioether (sulfide) groups is 1. The highest BCUT2D eigenvalue weighted by atomic mass is 32.2. The minimum absolute atomic E-state index is 0.169. The van der Waals surface area contributed by atoms with E-state index in [1.807, 2.05) is 35.9 Å². The van der Waals surface area contributed by atoms with Gasteiger partial charge >= 0.3 is 5.97 Å². The lowest BCUT2D eigenvalue weighted by molar-refractivity contribution is -0.156. The fraction of sp³-hybridized carbons (Fsp3) is 0.400. The van der Waals surface area contributed by atoms with E-state index in [9.17, 15) is 14.7 Å². The Balaban J connectivity index is 1.79. The standard InChI is InChI=1S/C15H19N3O4S/c1-10-3-4-12-17-11(6-18(12)5-10)7-23-8-13(19)16-9-15(2,22)14(20)21/h3-6,22H,7-9H2,1-2H3,(H,16,19)(H,20,21). The summed E-state index contributed by atoms with van der Waals surface area (Å²) < 4.78 is 1.94. The van der Waals surface area contributed by atoms with Gasteiger partial charge in [0.25, 0.3) is 0 Å². The van der Waals surface area contributed by atoms with Gasteiger partial charge in [0.1, 0.15) is 5.65 Å². The van der Waals surface area contributed by atoms with Crippen LogP contribution in [0.25, 0.3) is 5.65 Å². The number of nitrogens with zero attached hydrogens (tertiary/aromatic N) is 2. The molecule has 0 fully saturated rings. The van der Waals surface area contributed by atoms with Crippen LogP contribution in [0.2, 0.25) is 0 Å². The zero-order valence-electron chi connectivity index (χ0n) is 12.9. The van der Waals surface area contributed by atoms with Gasteiger partial charge in [-0.3, -0.25) is 4.79 Å². The van der Waals surface area contributed by atoms with Crippen LogP contribution in [0.3, 0.4) is 0 Å². The molecule has 2 aromatic rings. The first-order valence-electron chi connectivity index (χ1n) is 7.02. The summed E-state index contributed by atoms with van der Waals surface area (Å²) in [4.78, 5) is 26.8. The highest BCUT2D eigenvalue weighted by Crippen LogP contribution is 2.13. The van der Waals surface area contributed by atoms with E-state index in [2.05, 4.69) is 10.3 Å². The first-order valence-corrected chi connectivity index (χ1v) is 8.18. The normalized spacial score (nSPS) is 13.7. The Morgan fingerprint density at radius 2 is 2.13 bits per heavy atom. The number of aliphatic hydroxyl groups is 1. The van der Waals surface area contributed by atoms with E-state index < -0.39 is 11.6 Å². The molecule has 0 aliphatic carbocycles. The molecule has 2 aromatic heterocycles. The lowest BCUT2D eigenvalue weighted by Crippen LogP contribution is -2.46. The van der Waals surface area contributed by atoms with Gasteiger partial charge in [0, 0.05) is 18.1 Å². The number of carboxylic acid groups (broad SMARTS) is 1. The summed E-state index contributed by atoms with van der Waals surface area (Å²) in [5.74, 6) is -0.951. The Kier molecular flexibility index (Phi) is 5.27. The van der Waals surface area contributed by atoms with Crippen LogP contribution in [0.5, 0.6) is 0 Å². The topological polar surface area (TPSA) is 104 Å². The van der Waals surface area contributed by atoms with E-state index in [-0.39, 0.29) is 18.2 Å². The van der Waals surface area contributed by atoms with Crippen molar-refractivity contribution in [3.63, 3.8) is 0 Å². The zero-order chi connectivity index (χ0) is 17.0. The molecule has 0 saturated carbocycles. The quantitative estimate of drug-likeness (QED) is 0.691. The molecule has 0 aliphatic rings. The van der Waals surface area contributed by atoms with E-state index in [0.717, 1.165) is 23.8 Å². The second-order valence-electron chi connectivity index (χ2n) is 5.55. The molecule has 2 rings (SSSR count). The Hall–Kier alpha value is -2.06. The zero-order valence-corrected chi connectivity index (χ0v) is 13.8. The van der Waals surface area contributed by atoms with Crippen molar-refractivity contribution in [3.05, 3.63) is 35.8 Å². The van der Waals surface area contributed by atoms with Gasteiger partial charge in [0.2, 0.25) is 5.91 Å². The van der Waals surface area contributed by atoms with Crippen LogP contribution >= 0.6 is 11.8 Å². The van der Waals surface area contributed by atoms with Gasteiger partial charge in [0.05, 0.1) is 18.0 Å². The molecule has 0 aliphatic heterocycles. The number of rotatable bonds is 7. The van der Waals surface area contributed by atoms with Gasteiger partial charge in [-0.2, -0.15) is 0 Å². The SMILES string of the molecule is Cc1ccc2nc(CSCC(=O)NCC(C)(O)C(=O)O)cn2c1. The molecular weight excluding hydrogens is 318 g/mol. The maximum absolute atomic E-state index is 11.7. The van der Waals surface area contributed by atoms with E-state index in [0.29, 0.717) is 5.75 Å². The summed E-state index contributed by atoms with van der Waals surface area (Å²) in [7, 11) is 0. The number of carbonyl (C=O) groups excluding carboxylic acids is 1. The molecule has 0 aromatic carbocycles. The van der Waals surface area contributed by atoms with Crippen LogP contribution in [0.1, 0.15) is 18.2 Å². The Morgan fingerprint density at radius 1 is 1.39 bits per heavy atom. The largest absolute Gasteiger partial charge is 0.479 e. The molecule has 3 N–H and O–H groups in total. The number of amides is 1. The van der Waals surface area contributed by atoms with Crippen molar-refractivity contribution in [2.75, 3.05) is 12.3 Å². The van der Waals surface area contributed by atoms with Crippen LogP contribution in [0.4, 0.5) is 0 Å². The summed E-state index contributed by atoms with van der Waals surface area (Å²) in [6.45, 7) is 2.82. The van der Waals surface area contributed by atoms with Crippen molar-refractivity contribution in [1.29, 1.82) is 0 Å². The van der Waals surface area contributed by atoms with E-state index in [1.54, 1.807) is 0 Å². The predicted octanol–water partition coefficient (Wildman–Crippen LogP) is 0.828. The molecule has 0 radical (unpaired) electrons. The van der Waals surface area contributed by atoms with Crippen molar-refractivity contribution < 1.29 is 19.8 Å². The number of fused-ring (bicyclic) bond motifs is 1. The molecule has 1 amide bonds. The highest BCUT2D eigenvalue weighted by molar-refractivity contribution is 7.99. The number of imidazole rings is 1. The third-order valence-corrected chi connectivity index (χ3v) is 4.19. The van der Waals surface area contributed by atoms with E-state index in [1.165, 1.54) is 11.8 Å². The van der Waals surface area contributed by atoms with Gasteiger partial charge in [-0.05, 0) is 25.5 Å². The molecule has 0 spiro atoms. The summed E-state index contributed by atoms with van der Waals surface area (Å²) >= 11 is 1.38. The summed E-state index contributed by atoms with van der Waals surface area (Å²) in [5.41, 5.74) is 0.901. The van der Waals surface area contributed by atoms with Gasteiger partial charge in [-0.1, -0.05) is 6.07 Å². The van der Waals surface area contributed by atoms with Crippen LogP contribution in [-0.2, 0) is 15.3 Å². The number of hydrogen-bond donors (Lipinski definition) is 3. The van der Waals surface area contributed by atoms with E-state index in [4.69, 9.17) is 5.11 Å². The van der Waals surface area contributed by atoms with Crippen LogP contribution in [0.15, 0.2) is 24.5 Å². The van der Waals surface area contributed by atoms with Crippen molar-refractivity contribution >= 4 is 29.3 Å². The Morgan fingerprint density at radius 3 is 2.83 bits per heavy atom. The third kappa shape index (κ3) is 4.70. The number of nitrogens with one attached hydrogen (secondary N) is 1. The van der Waals surface area contributed by atoms with Crippen molar-refractivity contribution in [1.82, 2.24) is 14.7 Å². The van der Waals surface area contributed by atoms with Crippen molar-refractivity contribution in [2.45, 2.75) is 25.2 Å². The van der Waals surface area contributed by atoms with Gasteiger partial charge in [-0.25, -0.2) is 9.78 Å². The number of aromatic nitrogens is 2. The van der Waals surface area contributed by atoms with Crippen molar-refractivity contribution in [3.8, 4) is 0 Å². The Bertz CT molecular complexity index is 727. The molecule has 7 nitrogen and oxygen atoms in total. The van der Waals surface area contributed by atoms with Crippen molar-refractivity contribution in [2.24, 2.45) is 0 Å². The van der Waals surface area contributed by atoms with Crippen LogP contribution in [0, 0.1) is 6.92 Å². The lowest BCUT2D eigenvalue weighted by atomic mass is 10.1. The summed E-state index contributed by atoms with van der Waals surface area (Å²) in [6, 6.07) is 3.92. The molecule has 124 valence electrons. The predicted molar refractivity (Wildman–Crippen MR) is 87.4 cm³/mol. The Labute approximate surface area is 137 Å². The second kappa shape index (κ2) is 7.01. The molecule has 8 heteroatoms. The first kappa shape index (κ1) is 17.3. The second-order valence-corrected chi connectivity index (χ2v) is 6.54. The number of hydrogen-bond acceptors (Lipinski definition) is 5. The number of pyridine rings is 1. The molecule has 2 heterocycles. The number of aliphatic carboxylic acids is 1. The van der Waals surface area contributed by atoms with Gasteiger partial charge in [-0.15, -0.1) is 11.8 Å². The van der Waals surface area contributed by atoms with Crippen LogP contribution < -0.4 is 5.32 Å². The summed E-state index contributed by atoms with van der Waals surface area (Å²) in [5, 5.41) is 20.7. The van der Waals surface area contributed by atoms with E-state index >= 15 is 0 Å². The summed E-state index contributed by atoms with van der Waals surface area (Å²) in [6.07, 6.45) is 3.90. The molecule has 1 unspecified atom stereocenters. The smallest absolute Gasteiger partial charge is 0.337 e. The monoisotopic (exact) mass is 337 g/mol. The highest BCUT2D eigenvalue weighted by Gasteiger charge is 2.30. The number of carbonyl (C=O) groups is 2. The number of aryl methyl sites for hydroxylation is 1. The molecule has 23 heavy (non-hydrogen) atoms. The van der Waals surface area contributed by atoms with Gasteiger partial charge < -0.3 is 19.9 Å².